The van der Waals surface area contributed by atoms with Crippen molar-refractivity contribution >= 4 is 5.69 Å². The van der Waals surface area contributed by atoms with Crippen molar-refractivity contribution in [3.8, 4) is 0 Å². The zero-order valence-electron chi connectivity index (χ0n) is 11.7. The van der Waals surface area contributed by atoms with E-state index in [9.17, 15) is 4.39 Å². The molecular weight excluding hydrogens is 243 g/mol. The van der Waals surface area contributed by atoms with E-state index in [2.05, 4.69) is 17.1 Å². The van der Waals surface area contributed by atoms with E-state index in [0.717, 1.165) is 31.8 Å². The summed E-state index contributed by atoms with van der Waals surface area (Å²) >= 11 is 0. The molecule has 1 aromatic rings. The van der Waals surface area contributed by atoms with Gasteiger partial charge in [-0.25, -0.2) is 4.39 Å². The summed E-state index contributed by atoms with van der Waals surface area (Å²) in [6.07, 6.45) is 2.30. The predicted molar refractivity (Wildman–Crippen MR) is 76.1 cm³/mol. The Balaban J connectivity index is 1.93. The highest BCUT2D eigenvalue weighted by molar-refractivity contribution is 5.47. The van der Waals surface area contributed by atoms with Gasteiger partial charge in [0, 0.05) is 38.0 Å². The van der Waals surface area contributed by atoms with Crippen LogP contribution in [-0.2, 0) is 4.74 Å². The van der Waals surface area contributed by atoms with Crippen molar-refractivity contribution in [2.75, 3.05) is 31.7 Å². The molecule has 1 aliphatic heterocycles. The summed E-state index contributed by atoms with van der Waals surface area (Å²) in [5.41, 5.74) is 0.978. The summed E-state index contributed by atoms with van der Waals surface area (Å²) in [6.45, 7) is 4.78. The second kappa shape index (κ2) is 6.87. The third-order valence-corrected chi connectivity index (χ3v) is 3.53. The van der Waals surface area contributed by atoms with Crippen LogP contribution in [0.3, 0.4) is 0 Å². The van der Waals surface area contributed by atoms with Crippen LogP contribution >= 0.6 is 0 Å². The van der Waals surface area contributed by atoms with Crippen LogP contribution in [0.4, 0.5) is 10.1 Å². The minimum Gasteiger partial charge on any atom is -0.383 e. The van der Waals surface area contributed by atoms with E-state index in [0.29, 0.717) is 12.1 Å². The summed E-state index contributed by atoms with van der Waals surface area (Å²) in [5, 5.41) is 3.57. The van der Waals surface area contributed by atoms with Crippen molar-refractivity contribution in [3.05, 3.63) is 30.1 Å². The summed E-state index contributed by atoms with van der Waals surface area (Å²) in [4.78, 5) is 2.25. The maximum absolute atomic E-state index is 13.3. The third kappa shape index (κ3) is 4.18. The molecular formula is C15H23FN2O. The molecule has 0 aliphatic carbocycles. The Kier molecular flexibility index (Phi) is 5.16. The van der Waals surface area contributed by atoms with Gasteiger partial charge in [0.1, 0.15) is 5.82 Å². The topological polar surface area (TPSA) is 24.5 Å². The Morgan fingerprint density at radius 2 is 2.37 bits per heavy atom. The SMILES string of the molecule is COC[C@H](C)N[C@@H]1CCCN(c2cccc(F)c2)C1. The van der Waals surface area contributed by atoms with Gasteiger partial charge in [0.05, 0.1) is 6.61 Å². The number of nitrogens with one attached hydrogen (secondary N) is 1. The molecule has 1 aromatic carbocycles. The quantitative estimate of drug-likeness (QED) is 0.886. The predicted octanol–water partition coefficient (Wildman–Crippen LogP) is 2.42. The fourth-order valence-corrected chi connectivity index (χ4v) is 2.72. The highest BCUT2D eigenvalue weighted by Gasteiger charge is 2.21. The van der Waals surface area contributed by atoms with Crippen LogP contribution in [0.2, 0.25) is 0 Å². The molecule has 1 fully saturated rings. The molecule has 4 heteroatoms. The zero-order valence-corrected chi connectivity index (χ0v) is 11.7. The van der Waals surface area contributed by atoms with Crippen molar-refractivity contribution in [2.45, 2.75) is 31.8 Å². The molecule has 1 heterocycles. The maximum atomic E-state index is 13.3. The first kappa shape index (κ1) is 14.3. The van der Waals surface area contributed by atoms with Crippen molar-refractivity contribution in [2.24, 2.45) is 0 Å². The van der Waals surface area contributed by atoms with Crippen molar-refractivity contribution < 1.29 is 9.13 Å². The number of hydrogen-bond donors (Lipinski definition) is 1. The number of benzene rings is 1. The average Bonchev–Trinajstić information content (AvgIpc) is 2.39. The molecule has 1 N–H and O–H groups in total. The molecule has 0 aromatic heterocycles. The van der Waals surface area contributed by atoms with Crippen molar-refractivity contribution in [1.82, 2.24) is 5.32 Å². The van der Waals surface area contributed by atoms with Crippen LogP contribution in [0.5, 0.6) is 0 Å². The Morgan fingerprint density at radius 3 is 3.11 bits per heavy atom. The van der Waals surface area contributed by atoms with Gasteiger partial charge >= 0.3 is 0 Å². The fourth-order valence-electron chi connectivity index (χ4n) is 2.72. The lowest BCUT2D eigenvalue weighted by molar-refractivity contribution is 0.164. The molecule has 106 valence electrons. The minimum absolute atomic E-state index is 0.166. The Labute approximate surface area is 114 Å². The van der Waals surface area contributed by atoms with Gasteiger partial charge in [-0.05, 0) is 38.0 Å². The van der Waals surface area contributed by atoms with Crippen LogP contribution < -0.4 is 10.2 Å². The van der Waals surface area contributed by atoms with Gasteiger partial charge in [-0.2, -0.15) is 0 Å². The fraction of sp³-hybridized carbons (Fsp3) is 0.600. The lowest BCUT2D eigenvalue weighted by Crippen LogP contribution is -2.49. The molecule has 3 nitrogen and oxygen atoms in total. The number of piperidine rings is 1. The first-order chi connectivity index (χ1) is 9.19. The van der Waals surface area contributed by atoms with Gasteiger partial charge in [-0.15, -0.1) is 0 Å². The van der Waals surface area contributed by atoms with Crippen LogP contribution in [0.1, 0.15) is 19.8 Å². The molecule has 1 saturated heterocycles. The van der Waals surface area contributed by atoms with Crippen LogP contribution in [0, 0.1) is 5.82 Å². The first-order valence-corrected chi connectivity index (χ1v) is 6.94. The zero-order chi connectivity index (χ0) is 13.7. The Hall–Kier alpha value is -1.13. The second-order valence-electron chi connectivity index (χ2n) is 5.29. The molecule has 0 unspecified atom stereocenters. The van der Waals surface area contributed by atoms with Gasteiger partial charge in [0.15, 0.2) is 0 Å². The lowest BCUT2D eigenvalue weighted by Gasteiger charge is -2.36. The number of anilines is 1. The Bertz CT molecular complexity index is 399. The third-order valence-electron chi connectivity index (χ3n) is 3.53. The Morgan fingerprint density at radius 1 is 1.53 bits per heavy atom. The summed E-state index contributed by atoms with van der Waals surface area (Å²) in [5.74, 6) is -0.166. The monoisotopic (exact) mass is 266 g/mol. The van der Waals surface area contributed by atoms with Gasteiger partial charge in [-0.3, -0.25) is 0 Å². The maximum Gasteiger partial charge on any atom is 0.125 e. The smallest absolute Gasteiger partial charge is 0.125 e. The van der Waals surface area contributed by atoms with Crippen molar-refractivity contribution in [3.63, 3.8) is 0 Å². The number of rotatable bonds is 5. The van der Waals surface area contributed by atoms with E-state index < -0.39 is 0 Å². The summed E-state index contributed by atoms with van der Waals surface area (Å²) < 4.78 is 18.4. The number of hydrogen-bond acceptors (Lipinski definition) is 3. The molecule has 19 heavy (non-hydrogen) atoms. The number of nitrogens with zero attached hydrogens (tertiary/aromatic N) is 1. The van der Waals surface area contributed by atoms with Crippen LogP contribution in [-0.4, -0.2) is 38.9 Å². The first-order valence-electron chi connectivity index (χ1n) is 6.94. The van der Waals surface area contributed by atoms with E-state index in [4.69, 9.17) is 4.74 Å². The van der Waals surface area contributed by atoms with Gasteiger partial charge < -0.3 is 15.0 Å². The summed E-state index contributed by atoms with van der Waals surface area (Å²) in [6, 6.07) is 7.65. The van der Waals surface area contributed by atoms with E-state index in [1.54, 1.807) is 19.2 Å². The molecule has 2 rings (SSSR count). The van der Waals surface area contributed by atoms with E-state index in [-0.39, 0.29) is 5.82 Å². The molecule has 0 saturated carbocycles. The molecule has 0 radical (unpaired) electrons. The highest BCUT2D eigenvalue weighted by atomic mass is 19.1. The molecule has 0 bridgehead atoms. The van der Waals surface area contributed by atoms with Gasteiger partial charge in [-0.1, -0.05) is 6.07 Å². The molecule has 0 spiro atoms. The largest absolute Gasteiger partial charge is 0.383 e. The number of halogens is 1. The molecule has 0 amide bonds. The van der Waals surface area contributed by atoms with Gasteiger partial charge in [0.25, 0.3) is 0 Å². The normalized spacial score (nSPS) is 21.4. The van der Waals surface area contributed by atoms with E-state index in [1.807, 2.05) is 6.07 Å². The minimum atomic E-state index is -0.166. The van der Waals surface area contributed by atoms with E-state index >= 15 is 0 Å². The second-order valence-corrected chi connectivity index (χ2v) is 5.29. The summed E-state index contributed by atoms with van der Waals surface area (Å²) in [7, 11) is 1.72. The van der Waals surface area contributed by atoms with Crippen molar-refractivity contribution in [1.29, 1.82) is 0 Å². The van der Waals surface area contributed by atoms with Crippen LogP contribution in [0.15, 0.2) is 24.3 Å². The van der Waals surface area contributed by atoms with Crippen LogP contribution in [0.25, 0.3) is 0 Å². The highest BCUT2D eigenvalue weighted by Crippen LogP contribution is 2.20. The molecule has 1 aliphatic rings. The standard InChI is InChI=1S/C15H23FN2O/c1-12(11-19-2)17-14-6-4-8-18(10-14)15-7-3-5-13(16)9-15/h3,5,7,9,12,14,17H,4,6,8,10-11H2,1-2H3/t12-,14+/m0/s1. The molecule has 2 atom stereocenters. The van der Waals surface area contributed by atoms with E-state index in [1.165, 1.54) is 12.5 Å². The average molecular weight is 266 g/mol. The van der Waals surface area contributed by atoms with Gasteiger partial charge in [0.2, 0.25) is 0 Å². The number of ether oxygens (including phenoxy) is 1. The number of methoxy groups -OCH3 is 1. The lowest BCUT2D eigenvalue weighted by atomic mass is 10.0.